The number of rotatable bonds is 7. The van der Waals surface area contributed by atoms with Crippen molar-refractivity contribution in [2.24, 2.45) is 0 Å². The zero-order chi connectivity index (χ0) is 16.1. The summed E-state index contributed by atoms with van der Waals surface area (Å²) in [6.45, 7) is 2.57. The third kappa shape index (κ3) is 4.01. The Labute approximate surface area is 136 Å². The summed E-state index contributed by atoms with van der Waals surface area (Å²) in [5, 5.41) is 14.6. The van der Waals surface area contributed by atoms with Gasteiger partial charge >= 0.3 is 0 Å². The molecule has 120 valence electrons. The Morgan fingerprint density at radius 1 is 1.30 bits per heavy atom. The van der Waals surface area contributed by atoms with Crippen LogP contribution in [0.25, 0.3) is 0 Å². The molecule has 0 aromatic carbocycles. The molecule has 0 bridgehead atoms. The maximum Gasteiger partial charge on any atom is 0.233 e. The zero-order valence-electron chi connectivity index (χ0n) is 12.4. The Balaban J connectivity index is 1.56. The van der Waals surface area contributed by atoms with Crippen molar-refractivity contribution in [3.05, 3.63) is 48.3 Å². The first-order chi connectivity index (χ1) is 11.2. The van der Waals surface area contributed by atoms with Crippen LogP contribution >= 0.6 is 11.8 Å². The van der Waals surface area contributed by atoms with Crippen LogP contribution in [0.3, 0.4) is 0 Å². The van der Waals surface area contributed by atoms with Gasteiger partial charge in [-0.1, -0.05) is 11.8 Å². The lowest BCUT2D eigenvalue weighted by Crippen LogP contribution is -2.30. The highest BCUT2D eigenvalue weighted by Gasteiger charge is 2.19. The van der Waals surface area contributed by atoms with Gasteiger partial charge in [-0.2, -0.15) is 0 Å². The highest BCUT2D eigenvalue weighted by atomic mass is 32.2. The second-order valence-electron chi connectivity index (χ2n) is 4.76. The summed E-state index contributed by atoms with van der Waals surface area (Å²) >= 11 is 1.29. The lowest BCUT2D eigenvalue weighted by atomic mass is 10.4. The molecule has 3 aromatic rings. The number of furan rings is 2. The van der Waals surface area contributed by atoms with Crippen molar-refractivity contribution in [2.45, 2.75) is 30.4 Å². The number of nitrogens with zero attached hydrogens (tertiary/aromatic N) is 4. The third-order valence-electron chi connectivity index (χ3n) is 3.05. The van der Waals surface area contributed by atoms with Gasteiger partial charge in [-0.25, -0.2) is 4.68 Å². The minimum atomic E-state index is -0.341. The average Bonchev–Trinajstić information content (AvgIpc) is 3.28. The molecule has 0 aliphatic carbocycles. The van der Waals surface area contributed by atoms with E-state index in [9.17, 15) is 4.79 Å². The second-order valence-corrected chi connectivity index (χ2v) is 6.06. The second kappa shape index (κ2) is 7.14. The molecule has 0 radical (unpaired) electrons. The van der Waals surface area contributed by atoms with E-state index >= 15 is 0 Å². The number of amides is 1. The van der Waals surface area contributed by atoms with Crippen LogP contribution in [0.2, 0.25) is 0 Å². The van der Waals surface area contributed by atoms with E-state index in [4.69, 9.17) is 8.83 Å². The number of carbonyl (C=O) groups is 1. The molecule has 3 heterocycles. The SMILES string of the molecule is CC(Sc1nnnn1Cc1ccco1)C(=O)NCc1ccco1. The van der Waals surface area contributed by atoms with Crippen LogP contribution in [0.4, 0.5) is 0 Å². The average molecular weight is 333 g/mol. The quantitative estimate of drug-likeness (QED) is 0.657. The summed E-state index contributed by atoms with van der Waals surface area (Å²) < 4.78 is 12.1. The van der Waals surface area contributed by atoms with Crippen LogP contribution in [0, 0.1) is 0 Å². The van der Waals surface area contributed by atoms with Gasteiger partial charge in [0.2, 0.25) is 11.1 Å². The van der Waals surface area contributed by atoms with E-state index in [1.54, 1.807) is 36.3 Å². The molecule has 0 aliphatic heterocycles. The highest BCUT2D eigenvalue weighted by Crippen LogP contribution is 2.21. The van der Waals surface area contributed by atoms with E-state index in [1.807, 2.05) is 12.1 Å². The van der Waals surface area contributed by atoms with E-state index in [-0.39, 0.29) is 11.2 Å². The first kappa shape index (κ1) is 15.3. The van der Waals surface area contributed by atoms with Gasteiger partial charge in [-0.3, -0.25) is 4.79 Å². The summed E-state index contributed by atoms with van der Waals surface area (Å²) in [5.41, 5.74) is 0. The minimum absolute atomic E-state index is 0.112. The first-order valence-corrected chi connectivity index (χ1v) is 7.85. The van der Waals surface area contributed by atoms with E-state index in [0.717, 1.165) is 5.76 Å². The van der Waals surface area contributed by atoms with Crippen molar-refractivity contribution >= 4 is 17.7 Å². The number of hydrogen-bond donors (Lipinski definition) is 1. The molecule has 0 spiro atoms. The predicted octanol–water partition coefficient (Wildman–Crippen LogP) is 1.70. The van der Waals surface area contributed by atoms with Crippen molar-refractivity contribution in [2.75, 3.05) is 0 Å². The third-order valence-corrected chi connectivity index (χ3v) is 4.12. The van der Waals surface area contributed by atoms with Crippen LogP contribution in [-0.2, 0) is 17.9 Å². The van der Waals surface area contributed by atoms with Gasteiger partial charge in [-0.05, 0) is 41.6 Å². The van der Waals surface area contributed by atoms with E-state index in [1.165, 1.54) is 11.8 Å². The molecular weight excluding hydrogens is 318 g/mol. The van der Waals surface area contributed by atoms with Gasteiger partial charge in [0.1, 0.15) is 18.1 Å². The highest BCUT2D eigenvalue weighted by molar-refractivity contribution is 8.00. The largest absolute Gasteiger partial charge is 0.467 e. The van der Waals surface area contributed by atoms with Crippen LogP contribution < -0.4 is 5.32 Å². The molecule has 0 saturated carbocycles. The lowest BCUT2D eigenvalue weighted by molar-refractivity contribution is -0.120. The Hall–Kier alpha value is -2.55. The molecule has 1 unspecified atom stereocenters. The predicted molar refractivity (Wildman–Crippen MR) is 81.5 cm³/mol. The Kier molecular flexibility index (Phi) is 4.77. The number of tetrazole rings is 1. The van der Waals surface area contributed by atoms with Gasteiger partial charge in [-0.15, -0.1) is 5.10 Å². The summed E-state index contributed by atoms with van der Waals surface area (Å²) in [6.07, 6.45) is 3.17. The van der Waals surface area contributed by atoms with Gasteiger partial charge in [0, 0.05) is 0 Å². The van der Waals surface area contributed by atoms with Crippen molar-refractivity contribution in [1.82, 2.24) is 25.5 Å². The Bertz CT molecular complexity index is 738. The van der Waals surface area contributed by atoms with Crippen LogP contribution in [0.5, 0.6) is 0 Å². The maximum atomic E-state index is 12.1. The molecule has 23 heavy (non-hydrogen) atoms. The number of thioether (sulfide) groups is 1. The molecule has 3 aromatic heterocycles. The number of aromatic nitrogens is 4. The molecule has 3 rings (SSSR count). The fraction of sp³-hybridized carbons (Fsp3) is 0.286. The van der Waals surface area contributed by atoms with Gasteiger partial charge in [0.05, 0.1) is 24.3 Å². The van der Waals surface area contributed by atoms with Crippen LogP contribution in [0.1, 0.15) is 18.4 Å². The molecule has 1 atom stereocenters. The molecule has 8 nitrogen and oxygen atoms in total. The summed E-state index contributed by atoms with van der Waals surface area (Å²) in [7, 11) is 0. The molecule has 1 N–H and O–H groups in total. The Morgan fingerprint density at radius 3 is 2.74 bits per heavy atom. The van der Waals surface area contributed by atoms with Gasteiger partial charge in [0.25, 0.3) is 0 Å². The normalized spacial score (nSPS) is 12.2. The molecule has 9 heteroatoms. The van der Waals surface area contributed by atoms with Crippen molar-refractivity contribution in [1.29, 1.82) is 0 Å². The Morgan fingerprint density at radius 2 is 2.04 bits per heavy atom. The summed E-state index contributed by atoms with van der Waals surface area (Å²) in [5.74, 6) is 1.34. The monoisotopic (exact) mass is 333 g/mol. The fourth-order valence-corrected chi connectivity index (χ4v) is 2.69. The summed E-state index contributed by atoms with van der Waals surface area (Å²) in [4.78, 5) is 12.1. The standard InChI is InChI=1S/C14H15N5O3S/c1-10(13(20)15-8-11-4-2-6-21-11)23-14-16-17-18-19(14)9-12-5-3-7-22-12/h2-7,10H,8-9H2,1H3,(H,15,20). The van der Waals surface area contributed by atoms with Gasteiger partial charge in [0.15, 0.2) is 0 Å². The van der Waals surface area contributed by atoms with Crippen LogP contribution in [-0.4, -0.2) is 31.4 Å². The molecule has 1 amide bonds. The van der Waals surface area contributed by atoms with Crippen molar-refractivity contribution < 1.29 is 13.6 Å². The topological polar surface area (TPSA) is 99.0 Å². The van der Waals surface area contributed by atoms with E-state index in [2.05, 4.69) is 20.8 Å². The van der Waals surface area contributed by atoms with Crippen LogP contribution in [0.15, 0.2) is 50.8 Å². The smallest absolute Gasteiger partial charge is 0.233 e. The number of hydrogen-bond acceptors (Lipinski definition) is 7. The minimum Gasteiger partial charge on any atom is -0.467 e. The first-order valence-electron chi connectivity index (χ1n) is 6.97. The van der Waals surface area contributed by atoms with E-state index < -0.39 is 0 Å². The lowest BCUT2D eigenvalue weighted by Gasteiger charge is -2.10. The molecule has 0 saturated heterocycles. The number of nitrogens with one attached hydrogen (secondary N) is 1. The number of carbonyl (C=O) groups excluding carboxylic acids is 1. The zero-order valence-corrected chi connectivity index (χ0v) is 13.2. The van der Waals surface area contributed by atoms with E-state index in [0.29, 0.717) is 24.0 Å². The molecule has 0 fully saturated rings. The van der Waals surface area contributed by atoms with Crippen molar-refractivity contribution in [3.63, 3.8) is 0 Å². The fourth-order valence-electron chi connectivity index (χ4n) is 1.87. The molecular formula is C14H15N5O3S. The molecule has 0 aliphatic rings. The van der Waals surface area contributed by atoms with Gasteiger partial charge < -0.3 is 14.2 Å². The maximum absolute atomic E-state index is 12.1. The van der Waals surface area contributed by atoms with Crippen molar-refractivity contribution in [3.8, 4) is 0 Å². The summed E-state index contributed by atoms with van der Waals surface area (Å²) in [6, 6.07) is 7.23.